The number of carbonyl (C=O) groups is 1. The van der Waals surface area contributed by atoms with E-state index in [9.17, 15) is 31.1 Å². The normalized spacial score (nSPS) is 25.3. The standard InChI is InChI=1S/C12H23B5F6N2O2/c1-8(2,3)25-6(14)5(13)24(4-9(25,15)16)7(26)27-10(17,11(18,19)20)12(21,22)23/h5-6H,4,13-17H2,1-3H3. The van der Waals surface area contributed by atoms with Crippen molar-refractivity contribution < 1.29 is 35.9 Å². The molecule has 0 aromatic heterocycles. The van der Waals surface area contributed by atoms with E-state index in [1.165, 1.54) is 0 Å². The third kappa shape index (κ3) is 4.43. The van der Waals surface area contributed by atoms with Gasteiger partial charge >= 0.3 is 18.4 Å². The van der Waals surface area contributed by atoms with Crippen molar-refractivity contribution in [2.24, 2.45) is 0 Å². The second-order valence-electron chi connectivity index (χ2n) is 8.86. The van der Waals surface area contributed by atoms with E-state index in [4.69, 9.17) is 0 Å². The molecule has 2 unspecified atom stereocenters. The zero-order chi connectivity index (χ0) is 21.8. The molecule has 1 aliphatic rings. The summed E-state index contributed by atoms with van der Waals surface area (Å²) in [6.45, 7) is 5.80. The molecular formula is C12H23B5F6N2O2. The van der Waals surface area contributed by atoms with Crippen LogP contribution in [0, 0.1) is 0 Å². The molecule has 0 aromatic rings. The second-order valence-corrected chi connectivity index (χ2v) is 8.86. The summed E-state index contributed by atoms with van der Waals surface area (Å²) in [7, 11) is 6.76. The lowest BCUT2D eigenvalue weighted by molar-refractivity contribution is -0.331. The number of carbonyl (C=O) groups excluding carboxylic acids is 1. The van der Waals surface area contributed by atoms with E-state index in [1.54, 1.807) is 31.4 Å². The third-order valence-electron chi connectivity index (χ3n) is 5.14. The number of amides is 1. The summed E-state index contributed by atoms with van der Waals surface area (Å²) in [6, 6.07) is 0. The van der Waals surface area contributed by atoms with Crippen LogP contribution in [0.15, 0.2) is 0 Å². The molecule has 0 aromatic carbocycles. The predicted octanol–water partition coefficient (Wildman–Crippen LogP) is -2.17. The minimum atomic E-state index is -5.79. The predicted molar refractivity (Wildman–Crippen MR) is 103 cm³/mol. The van der Waals surface area contributed by atoms with Crippen LogP contribution in [0.2, 0.25) is 0 Å². The average molecular weight is 395 g/mol. The first-order valence-corrected chi connectivity index (χ1v) is 8.59. The van der Waals surface area contributed by atoms with Crippen molar-refractivity contribution in [2.75, 3.05) is 6.54 Å². The maximum atomic E-state index is 13.0. The van der Waals surface area contributed by atoms with Gasteiger partial charge in [0.1, 0.15) is 31.4 Å². The largest absolute Gasteiger partial charge is 0.433 e. The summed E-state index contributed by atoms with van der Waals surface area (Å²) in [5, 5.41) is -0.684. The number of hydrogen-bond donors (Lipinski definition) is 0. The highest BCUT2D eigenvalue weighted by atomic mass is 19.4. The van der Waals surface area contributed by atoms with Gasteiger partial charge in [0, 0.05) is 18.0 Å². The summed E-state index contributed by atoms with van der Waals surface area (Å²) < 4.78 is 82.3. The van der Waals surface area contributed by atoms with Gasteiger partial charge in [-0.15, -0.1) is 0 Å². The Morgan fingerprint density at radius 1 is 1.00 bits per heavy atom. The number of nitrogens with zero attached hydrogens (tertiary/aromatic N) is 2. The molecule has 2 atom stereocenters. The smallest absolute Gasteiger partial charge is 0.428 e. The molecule has 0 saturated carbocycles. The summed E-state index contributed by atoms with van der Waals surface area (Å²) >= 11 is 0. The van der Waals surface area contributed by atoms with E-state index in [-0.39, 0.29) is 25.9 Å². The summed E-state index contributed by atoms with van der Waals surface area (Å²) in [4.78, 5) is 15.4. The SMILES string of the molecule is BC1C(B)N(C(C)(C)C)C(B)(B)CN1C(=O)OC(B)(C(F)(F)F)C(F)(F)F. The summed E-state index contributed by atoms with van der Waals surface area (Å²) in [5.41, 5.74) is -4.90. The highest BCUT2D eigenvalue weighted by Crippen LogP contribution is 2.44. The van der Waals surface area contributed by atoms with E-state index >= 15 is 0 Å². The Morgan fingerprint density at radius 3 is 1.74 bits per heavy atom. The van der Waals surface area contributed by atoms with Crippen molar-refractivity contribution in [1.82, 2.24) is 9.80 Å². The molecule has 0 N–H and O–H groups in total. The zero-order valence-electron chi connectivity index (χ0n) is 16.8. The molecule has 1 amide bonds. The van der Waals surface area contributed by atoms with Crippen molar-refractivity contribution in [3.63, 3.8) is 0 Å². The Hall–Kier alpha value is -0.865. The average Bonchev–Trinajstić information content (AvgIpc) is 2.38. The number of ether oxygens (including phenoxy) is 1. The quantitative estimate of drug-likeness (QED) is 0.374. The fourth-order valence-corrected chi connectivity index (χ4v) is 3.92. The molecule has 15 heteroatoms. The van der Waals surface area contributed by atoms with Crippen molar-refractivity contribution in [3.8, 4) is 0 Å². The molecule has 27 heavy (non-hydrogen) atoms. The van der Waals surface area contributed by atoms with Crippen molar-refractivity contribution in [2.45, 2.75) is 61.4 Å². The highest BCUT2D eigenvalue weighted by Gasteiger charge is 2.71. The van der Waals surface area contributed by atoms with Crippen molar-refractivity contribution in [3.05, 3.63) is 0 Å². The van der Waals surface area contributed by atoms with E-state index in [2.05, 4.69) is 9.64 Å². The topological polar surface area (TPSA) is 32.8 Å². The number of hydrogen-bond acceptors (Lipinski definition) is 3. The van der Waals surface area contributed by atoms with Gasteiger partial charge in [-0.05, 0) is 32.1 Å². The van der Waals surface area contributed by atoms with Gasteiger partial charge in [0.05, 0.1) is 0 Å². The van der Waals surface area contributed by atoms with E-state index in [0.717, 1.165) is 4.90 Å². The number of piperazine rings is 1. The maximum Gasteiger partial charge on any atom is 0.428 e. The third-order valence-corrected chi connectivity index (χ3v) is 5.14. The van der Waals surface area contributed by atoms with Gasteiger partial charge in [0.15, 0.2) is 7.85 Å². The van der Waals surface area contributed by atoms with Crippen LogP contribution in [0.25, 0.3) is 0 Å². The van der Waals surface area contributed by atoms with Gasteiger partial charge in [-0.25, -0.2) is 4.79 Å². The molecule has 1 saturated heterocycles. The highest BCUT2D eigenvalue weighted by molar-refractivity contribution is 6.41. The molecule has 4 nitrogen and oxygen atoms in total. The zero-order valence-corrected chi connectivity index (χ0v) is 16.8. The lowest BCUT2D eigenvalue weighted by atomic mass is 9.54. The maximum absolute atomic E-state index is 13.0. The van der Waals surface area contributed by atoms with Gasteiger partial charge in [-0.3, -0.25) is 0 Å². The number of rotatable bonds is 1. The van der Waals surface area contributed by atoms with Crippen LogP contribution in [-0.2, 0) is 4.74 Å². The van der Waals surface area contributed by atoms with Gasteiger partial charge in [-0.1, -0.05) is 0 Å². The van der Waals surface area contributed by atoms with Crippen LogP contribution in [0.3, 0.4) is 0 Å². The summed E-state index contributed by atoms with van der Waals surface area (Å²) in [5.74, 6) is -0.959. The van der Waals surface area contributed by atoms with Crippen LogP contribution >= 0.6 is 0 Å². The first-order valence-electron chi connectivity index (χ1n) is 8.59. The van der Waals surface area contributed by atoms with Gasteiger partial charge < -0.3 is 14.5 Å². The van der Waals surface area contributed by atoms with Crippen molar-refractivity contribution in [1.29, 1.82) is 0 Å². The van der Waals surface area contributed by atoms with E-state index in [1.807, 2.05) is 20.8 Å². The molecule has 0 spiro atoms. The van der Waals surface area contributed by atoms with Crippen LogP contribution in [0.5, 0.6) is 0 Å². The monoisotopic (exact) mass is 396 g/mol. The van der Waals surface area contributed by atoms with Crippen LogP contribution < -0.4 is 0 Å². The molecule has 1 fully saturated rings. The lowest BCUT2D eigenvalue weighted by Gasteiger charge is -2.60. The number of alkyl halides is 6. The molecule has 150 valence electrons. The Bertz CT molecular complexity index is 566. The van der Waals surface area contributed by atoms with Gasteiger partial charge in [-0.2, -0.15) is 26.3 Å². The molecule has 1 aliphatic heterocycles. The fraction of sp³-hybridized carbons (Fsp3) is 0.917. The van der Waals surface area contributed by atoms with Gasteiger partial charge in [0.25, 0.3) is 5.50 Å². The molecule has 0 bridgehead atoms. The molecule has 0 aliphatic carbocycles. The van der Waals surface area contributed by atoms with E-state index in [0.29, 0.717) is 0 Å². The Balaban J connectivity index is 3.22. The van der Waals surface area contributed by atoms with Crippen LogP contribution in [0.4, 0.5) is 31.1 Å². The molecule has 0 radical (unpaired) electrons. The first kappa shape index (κ1) is 24.2. The molecular weight excluding hydrogens is 372 g/mol. The van der Waals surface area contributed by atoms with Crippen molar-refractivity contribution >= 4 is 45.3 Å². The van der Waals surface area contributed by atoms with E-state index < -0.39 is 35.2 Å². The van der Waals surface area contributed by atoms with Crippen LogP contribution in [-0.4, -0.2) is 102 Å². The lowest BCUT2D eigenvalue weighted by Crippen LogP contribution is -2.76. The minimum Gasteiger partial charge on any atom is -0.433 e. The fourth-order valence-electron chi connectivity index (χ4n) is 3.92. The summed E-state index contributed by atoms with van der Waals surface area (Å²) in [6.07, 6.45) is -13.2. The Labute approximate surface area is 159 Å². The van der Waals surface area contributed by atoms with Gasteiger partial charge in [0.2, 0.25) is 0 Å². The molecule has 1 heterocycles. The first-order chi connectivity index (χ1) is 11.7. The Kier molecular flexibility index (Phi) is 6.16. The minimum absolute atomic E-state index is 0.0690. The Morgan fingerprint density at radius 2 is 1.41 bits per heavy atom. The second kappa shape index (κ2) is 6.88. The van der Waals surface area contributed by atoms with Crippen LogP contribution in [0.1, 0.15) is 20.8 Å². The molecule has 1 rings (SSSR count). The number of halogens is 6.